The second-order valence-corrected chi connectivity index (χ2v) is 6.43. The number of carbonyl (C=O) groups is 1. The molecule has 6 heteroatoms. The first kappa shape index (κ1) is 19.8. The number of hydrogen-bond acceptors (Lipinski definition) is 3. The van der Waals surface area contributed by atoms with Gasteiger partial charge in [0.15, 0.2) is 0 Å². The molecule has 0 spiro atoms. The van der Waals surface area contributed by atoms with Crippen LogP contribution in [0.25, 0.3) is 6.08 Å². The van der Waals surface area contributed by atoms with Crippen LogP contribution < -0.4 is 10.1 Å². The predicted molar refractivity (Wildman–Crippen MR) is 106 cm³/mol. The topological polar surface area (TPSA) is 62.1 Å². The van der Waals surface area contributed by atoms with Gasteiger partial charge in [0.05, 0.1) is 6.61 Å². The maximum atomic E-state index is 12.3. The largest absolute Gasteiger partial charge is 0.494 e. The van der Waals surface area contributed by atoms with Crippen LogP contribution in [0.15, 0.2) is 48.0 Å². The van der Waals surface area contributed by atoms with E-state index in [0.717, 1.165) is 24.2 Å². The van der Waals surface area contributed by atoms with Crippen LogP contribution in [0.4, 0.5) is 5.69 Å². The molecular weight excluding hydrogens is 371 g/mol. The summed E-state index contributed by atoms with van der Waals surface area (Å²) >= 11 is 11.8. The highest BCUT2D eigenvalue weighted by Gasteiger charge is 2.10. The van der Waals surface area contributed by atoms with Crippen molar-refractivity contribution in [2.45, 2.75) is 19.8 Å². The summed E-state index contributed by atoms with van der Waals surface area (Å²) in [6.45, 7) is 2.77. The van der Waals surface area contributed by atoms with Gasteiger partial charge in [-0.05, 0) is 48.4 Å². The predicted octanol–water partition coefficient (Wildman–Crippen LogP) is 5.72. The number of benzene rings is 2. The third-order valence-electron chi connectivity index (χ3n) is 3.44. The van der Waals surface area contributed by atoms with Gasteiger partial charge in [-0.2, -0.15) is 5.26 Å². The molecule has 0 aliphatic rings. The second-order valence-electron chi connectivity index (χ2n) is 5.55. The maximum absolute atomic E-state index is 12.3. The number of rotatable bonds is 7. The molecule has 2 rings (SSSR count). The molecule has 134 valence electrons. The van der Waals surface area contributed by atoms with Crippen molar-refractivity contribution in [1.29, 1.82) is 5.26 Å². The van der Waals surface area contributed by atoms with Crippen LogP contribution in [0.2, 0.25) is 10.0 Å². The van der Waals surface area contributed by atoms with Gasteiger partial charge in [-0.1, -0.05) is 48.7 Å². The van der Waals surface area contributed by atoms with Gasteiger partial charge < -0.3 is 10.1 Å². The minimum Gasteiger partial charge on any atom is -0.494 e. The number of anilines is 1. The molecule has 0 saturated heterocycles. The Balaban J connectivity index is 2.09. The molecule has 1 amide bonds. The first-order valence-corrected chi connectivity index (χ1v) is 8.89. The fraction of sp³-hybridized carbons (Fsp3) is 0.200. The van der Waals surface area contributed by atoms with Crippen molar-refractivity contribution >= 4 is 40.9 Å². The third-order valence-corrected chi connectivity index (χ3v) is 3.88. The molecule has 0 radical (unpaired) electrons. The minimum absolute atomic E-state index is 0.0271. The molecule has 4 nitrogen and oxygen atoms in total. The summed E-state index contributed by atoms with van der Waals surface area (Å²) in [7, 11) is 0. The normalized spacial score (nSPS) is 10.9. The smallest absolute Gasteiger partial charge is 0.266 e. The van der Waals surface area contributed by atoms with Gasteiger partial charge in [0.25, 0.3) is 5.91 Å². The number of unbranched alkanes of at least 4 members (excludes halogenated alkanes) is 1. The Labute approximate surface area is 163 Å². The van der Waals surface area contributed by atoms with E-state index in [4.69, 9.17) is 27.9 Å². The van der Waals surface area contributed by atoms with Crippen molar-refractivity contribution in [1.82, 2.24) is 0 Å². The monoisotopic (exact) mass is 388 g/mol. The quantitative estimate of drug-likeness (QED) is 0.374. The number of amides is 1. The number of nitrogens with zero attached hydrogens (tertiary/aromatic N) is 1. The molecule has 0 fully saturated rings. The number of ether oxygens (including phenoxy) is 1. The van der Waals surface area contributed by atoms with E-state index >= 15 is 0 Å². The van der Waals surface area contributed by atoms with Crippen molar-refractivity contribution in [2.24, 2.45) is 0 Å². The van der Waals surface area contributed by atoms with Gasteiger partial charge >= 0.3 is 0 Å². The average Bonchev–Trinajstić information content (AvgIpc) is 2.60. The van der Waals surface area contributed by atoms with Crippen LogP contribution in [-0.4, -0.2) is 12.5 Å². The van der Waals surface area contributed by atoms with Gasteiger partial charge in [-0.15, -0.1) is 0 Å². The summed E-state index contributed by atoms with van der Waals surface area (Å²) in [6.07, 6.45) is 3.57. The fourth-order valence-electron chi connectivity index (χ4n) is 2.13. The van der Waals surface area contributed by atoms with Crippen LogP contribution in [0.3, 0.4) is 0 Å². The highest BCUT2D eigenvalue weighted by molar-refractivity contribution is 6.35. The molecule has 1 N–H and O–H groups in total. The van der Waals surface area contributed by atoms with E-state index in [0.29, 0.717) is 22.3 Å². The standard InChI is InChI=1S/C20H18Cl2N2O2/c1-2-3-8-26-19-6-4-14(5-7-19)9-15(13-23)20(25)24-18-11-16(21)10-17(22)12-18/h4-7,9-12H,2-3,8H2,1H3,(H,24,25)/b15-9+. The number of halogens is 2. The van der Waals surface area contributed by atoms with Crippen LogP contribution in [0.1, 0.15) is 25.3 Å². The highest BCUT2D eigenvalue weighted by Crippen LogP contribution is 2.23. The Morgan fingerprint density at radius 3 is 2.42 bits per heavy atom. The number of nitriles is 1. The van der Waals surface area contributed by atoms with Crippen LogP contribution >= 0.6 is 23.2 Å². The molecule has 26 heavy (non-hydrogen) atoms. The maximum Gasteiger partial charge on any atom is 0.266 e. The van der Waals surface area contributed by atoms with E-state index < -0.39 is 5.91 Å². The number of hydrogen-bond donors (Lipinski definition) is 1. The lowest BCUT2D eigenvalue weighted by Crippen LogP contribution is -2.13. The zero-order chi connectivity index (χ0) is 18.9. The third kappa shape index (κ3) is 6.11. The minimum atomic E-state index is -0.533. The van der Waals surface area contributed by atoms with Crippen molar-refractivity contribution in [3.8, 4) is 11.8 Å². The second kappa shape index (κ2) is 9.86. The van der Waals surface area contributed by atoms with Crippen molar-refractivity contribution in [3.63, 3.8) is 0 Å². The lowest BCUT2D eigenvalue weighted by atomic mass is 10.1. The summed E-state index contributed by atoms with van der Waals surface area (Å²) in [6, 6.07) is 13.8. The Morgan fingerprint density at radius 1 is 1.19 bits per heavy atom. The van der Waals surface area contributed by atoms with E-state index in [1.807, 2.05) is 18.2 Å². The Kier molecular flexibility index (Phi) is 7.53. The summed E-state index contributed by atoms with van der Waals surface area (Å²) in [5, 5.41) is 12.7. The lowest BCUT2D eigenvalue weighted by Gasteiger charge is -2.07. The molecule has 2 aromatic carbocycles. The molecule has 0 aromatic heterocycles. The van der Waals surface area contributed by atoms with Gasteiger partial charge in [-0.3, -0.25) is 4.79 Å². The number of nitrogens with one attached hydrogen (secondary N) is 1. The number of carbonyl (C=O) groups excluding carboxylic acids is 1. The fourth-order valence-corrected chi connectivity index (χ4v) is 2.66. The van der Waals surface area contributed by atoms with Gasteiger partial charge in [-0.25, -0.2) is 0 Å². The van der Waals surface area contributed by atoms with Crippen molar-refractivity contribution < 1.29 is 9.53 Å². The summed E-state index contributed by atoms with van der Waals surface area (Å²) in [4.78, 5) is 12.3. The summed E-state index contributed by atoms with van der Waals surface area (Å²) in [5.74, 6) is 0.223. The molecule has 0 unspecified atom stereocenters. The SMILES string of the molecule is CCCCOc1ccc(/C=C(\C#N)C(=O)Nc2cc(Cl)cc(Cl)c2)cc1. The van der Waals surface area contributed by atoms with Crippen molar-refractivity contribution in [3.05, 3.63) is 63.6 Å². The van der Waals surface area contributed by atoms with Crippen LogP contribution in [0.5, 0.6) is 5.75 Å². The molecule has 2 aromatic rings. The summed E-state index contributed by atoms with van der Waals surface area (Å²) in [5.41, 5.74) is 1.12. The Bertz CT molecular complexity index is 820. The molecule has 0 aliphatic heterocycles. The Hall–Kier alpha value is -2.48. The van der Waals surface area contributed by atoms with E-state index in [1.54, 1.807) is 30.3 Å². The van der Waals surface area contributed by atoms with E-state index in [1.165, 1.54) is 6.08 Å². The van der Waals surface area contributed by atoms with E-state index in [9.17, 15) is 10.1 Å². The van der Waals surface area contributed by atoms with Crippen LogP contribution in [0, 0.1) is 11.3 Å². The Morgan fingerprint density at radius 2 is 1.85 bits per heavy atom. The molecule has 0 aliphatic carbocycles. The first-order chi connectivity index (χ1) is 12.5. The highest BCUT2D eigenvalue weighted by atomic mass is 35.5. The van der Waals surface area contributed by atoms with E-state index in [-0.39, 0.29) is 5.57 Å². The summed E-state index contributed by atoms with van der Waals surface area (Å²) < 4.78 is 5.59. The van der Waals surface area contributed by atoms with Crippen molar-refractivity contribution in [2.75, 3.05) is 11.9 Å². The molecular formula is C20H18Cl2N2O2. The first-order valence-electron chi connectivity index (χ1n) is 8.14. The zero-order valence-electron chi connectivity index (χ0n) is 14.3. The molecule has 0 atom stereocenters. The lowest BCUT2D eigenvalue weighted by molar-refractivity contribution is -0.112. The zero-order valence-corrected chi connectivity index (χ0v) is 15.8. The van der Waals surface area contributed by atoms with Gasteiger partial charge in [0.2, 0.25) is 0 Å². The van der Waals surface area contributed by atoms with Gasteiger partial charge in [0.1, 0.15) is 17.4 Å². The van der Waals surface area contributed by atoms with Gasteiger partial charge in [0, 0.05) is 15.7 Å². The molecule has 0 heterocycles. The molecule has 0 saturated carbocycles. The molecule has 0 bridgehead atoms. The van der Waals surface area contributed by atoms with E-state index in [2.05, 4.69) is 12.2 Å². The van der Waals surface area contributed by atoms with Crippen LogP contribution in [-0.2, 0) is 4.79 Å². The average molecular weight is 389 g/mol.